The molecule has 5 aromatic rings. The number of urea groups is 1. The number of fused-ring (bicyclic) bond motifs is 3. The van der Waals surface area contributed by atoms with E-state index in [9.17, 15) is 55.8 Å². The first-order valence-corrected chi connectivity index (χ1v) is 23.8. The number of nitrogens with one attached hydrogen (secondary N) is 2. The number of pyridine rings is 1. The van der Waals surface area contributed by atoms with Crippen molar-refractivity contribution in [2.75, 3.05) is 18.8 Å². The number of unbranched alkanes of at least 4 members (excludes halogenated alkanes) is 2. The fourth-order valence-electron chi connectivity index (χ4n) is 8.07. The predicted molar refractivity (Wildman–Crippen MR) is 259 cm³/mol. The Morgan fingerprint density at radius 3 is 2.11 bits per heavy atom. The third-order valence-electron chi connectivity index (χ3n) is 12.0. The van der Waals surface area contributed by atoms with Crippen molar-refractivity contribution in [2.45, 2.75) is 124 Å². The summed E-state index contributed by atoms with van der Waals surface area (Å²) in [5, 5.41) is 16.9. The van der Waals surface area contributed by atoms with Crippen LogP contribution < -0.4 is 26.8 Å². The molecule has 73 heavy (non-hydrogen) atoms. The SMILES string of the molecule is CCN(Cc1nc2c(N)nc3ccccc3c2n1CC(C)(C)O)C(=O)OCc1ccc(CC(=O)[C@H](CCCNC(N)=O)NC(=O)[C@@H](CC(=O)CCCCCC(=O)Oc2c(F)c(F)c(F)c(F)c2F)C(C)C)cc1. The van der Waals surface area contributed by atoms with E-state index in [2.05, 4.69) is 20.4 Å². The number of benzene rings is 3. The van der Waals surface area contributed by atoms with Crippen LogP contribution in [0.15, 0.2) is 48.5 Å². The van der Waals surface area contributed by atoms with Gasteiger partial charge in [0.25, 0.3) is 0 Å². The second kappa shape index (κ2) is 25.4. The van der Waals surface area contributed by atoms with E-state index in [1.54, 1.807) is 58.9 Å². The van der Waals surface area contributed by atoms with Crippen LogP contribution in [0.5, 0.6) is 5.75 Å². The molecule has 2 atom stereocenters. The number of rotatable bonds is 26. The van der Waals surface area contributed by atoms with E-state index >= 15 is 0 Å². The number of para-hydroxylation sites is 1. The van der Waals surface area contributed by atoms with Crippen LogP contribution >= 0.6 is 0 Å². The van der Waals surface area contributed by atoms with Gasteiger partial charge in [-0.2, -0.15) is 8.78 Å². The maximum atomic E-state index is 13.9. The lowest BCUT2D eigenvalue weighted by atomic mass is 9.88. The Morgan fingerprint density at radius 1 is 0.849 bits per heavy atom. The second-order valence-corrected chi connectivity index (χ2v) is 18.7. The highest BCUT2D eigenvalue weighted by Gasteiger charge is 2.31. The summed E-state index contributed by atoms with van der Waals surface area (Å²) in [6, 6.07) is 12.5. The number of nitrogens with two attached hydrogens (primary N) is 2. The van der Waals surface area contributed by atoms with E-state index in [-0.39, 0.29) is 107 Å². The Labute approximate surface area is 418 Å². The van der Waals surface area contributed by atoms with Gasteiger partial charge >= 0.3 is 18.1 Å². The number of Topliss-reactive ketones (excluding diaryl/α,β-unsaturated/α-hetero) is 2. The molecule has 0 fully saturated rings. The minimum absolute atomic E-state index is 0.00395. The molecule has 0 spiro atoms. The van der Waals surface area contributed by atoms with Crippen LogP contribution in [-0.4, -0.2) is 84.8 Å². The number of amides is 4. The maximum Gasteiger partial charge on any atom is 0.410 e. The Morgan fingerprint density at radius 2 is 1.48 bits per heavy atom. The minimum atomic E-state index is -2.39. The highest BCUT2D eigenvalue weighted by Crippen LogP contribution is 2.32. The number of hydrogen-bond acceptors (Lipinski definition) is 12. The van der Waals surface area contributed by atoms with Gasteiger partial charge < -0.3 is 46.1 Å². The highest BCUT2D eigenvalue weighted by molar-refractivity contribution is 6.06. The number of esters is 1. The highest BCUT2D eigenvalue weighted by atomic mass is 19.2. The van der Waals surface area contributed by atoms with Gasteiger partial charge in [-0.3, -0.25) is 19.2 Å². The van der Waals surface area contributed by atoms with Crippen LogP contribution in [0.25, 0.3) is 21.9 Å². The third-order valence-corrected chi connectivity index (χ3v) is 12.0. The molecule has 0 unspecified atom stereocenters. The van der Waals surface area contributed by atoms with Crippen LogP contribution in [0, 0.1) is 40.9 Å². The molecule has 0 saturated heterocycles. The van der Waals surface area contributed by atoms with Crippen molar-refractivity contribution in [2.24, 2.45) is 17.6 Å². The molecule has 0 aliphatic carbocycles. The Hall–Kier alpha value is -7.23. The molecule has 4 amide bonds. The number of ketones is 2. The fraction of sp³-hybridized carbons (Fsp3) is 0.451. The maximum absolute atomic E-state index is 13.9. The lowest BCUT2D eigenvalue weighted by Gasteiger charge is -2.24. The van der Waals surface area contributed by atoms with Gasteiger partial charge in [0.15, 0.2) is 11.6 Å². The van der Waals surface area contributed by atoms with Crippen LogP contribution in [0.3, 0.4) is 0 Å². The number of aromatic nitrogens is 3. The first-order chi connectivity index (χ1) is 34.5. The van der Waals surface area contributed by atoms with E-state index in [0.717, 1.165) is 5.39 Å². The summed E-state index contributed by atoms with van der Waals surface area (Å²) in [6.45, 7) is 9.11. The van der Waals surface area contributed by atoms with E-state index in [1.165, 1.54) is 4.90 Å². The number of carbonyl (C=O) groups excluding carboxylic acids is 6. The van der Waals surface area contributed by atoms with Gasteiger partial charge in [-0.25, -0.2) is 32.7 Å². The summed E-state index contributed by atoms with van der Waals surface area (Å²) in [4.78, 5) is 88.2. The number of nitrogens with zero attached hydrogens (tertiary/aromatic N) is 4. The van der Waals surface area contributed by atoms with E-state index in [1.807, 2.05) is 28.8 Å². The van der Waals surface area contributed by atoms with Gasteiger partial charge in [-0.05, 0) is 69.6 Å². The lowest BCUT2D eigenvalue weighted by molar-refractivity contribution is -0.135. The van der Waals surface area contributed by atoms with Gasteiger partial charge in [0.05, 0.1) is 35.8 Å². The fourth-order valence-corrected chi connectivity index (χ4v) is 8.07. The van der Waals surface area contributed by atoms with Gasteiger partial charge in [0, 0.05) is 50.1 Å². The van der Waals surface area contributed by atoms with Crippen molar-refractivity contribution < 1.29 is 65.3 Å². The van der Waals surface area contributed by atoms with Gasteiger partial charge in [-0.1, -0.05) is 62.7 Å². The zero-order valence-corrected chi connectivity index (χ0v) is 41.3. The van der Waals surface area contributed by atoms with Crippen molar-refractivity contribution in [1.29, 1.82) is 0 Å². The zero-order chi connectivity index (χ0) is 53.7. The summed E-state index contributed by atoms with van der Waals surface area (Å²) in [7, 11) is 0. The number of carbonyl (C=O) groups is 6. The largest absolute Gasteiger partial charge is 0.445 e. The smallest absolute Gasteiger partial charge is 0.410 e. The number of nitrogen functional groups attached to an aromatic ring is 1. The van der Waals surface area contributed by atoms with E-state index < -0.39 is 82.8 Å². The molecule has 7 N–H and O–H groups in total. The normalized spacial score (nSPS) is 12.4. The average Bonchev–Trinajstić information content (AvgIpc) is 3.69. The molecule has 17 nitrogen and oxygen atoms in total. The predicted octanol–water partition coefficient (Wildman–Crippen LogP) is 7.62. The van der Waals surface area contributed by atoms with E-state index in [4.69, 9.17) is 21.2 Å². The number of hydrogen-bond donors (Lipinski definition) is 5. The van der Waals surface area contributed by atoms with Gasteiger partial charge in [0.2, 0.25) is 40.7 Å². The summed E-state index contributed by atoms with van der Waals surface area (Å²) in [5.41, 5.74) is 13.4. The minimum Gasteiger partial charge on any atom is -0.445 e. The molecular weight excluding hydrogens is 964 g/mol. The lowest BCUT2D eigenvalue weighted by Crippen LogP contribution is -2.46. The standard InChI is InChI=1S/C51H61F5N8O9/c1-6-63(25-37-62-44-45(64(37)27-51(4,5)71)32-14-10-11-15-34(32)60-47(44)57)50(70)72-26-30-20-18-29(19-21-30)23-36(66)35(16-12-22-59-49(58)69)61-48(68)33(28(2)3)24-31(65)13-8-7-9-17-38(67)73-46-42(55)40(53)39(52)41(54)43(46)56/h10-11,14-15,18-21,28,33,35,71H,6-9,12-13,16-17,22-27H2,1-5H3,(H2,57,60)(H,61,68)(H3,58,59,69)/t33-,35-/m0/s1. The molecule has 3 aromatic carbocycles. The summed E-state index contributed by atoms with van der Waals surface area (Å²) in [6.07, 6.45) is -0.377. The molecule has 2 heterocycles. The summed E-state index contributed by atoms with van der Waals surface area (Å²) < 4.78 is 80.0. The van der Waals surface area contributed by atoms with Crippen molar-refractivity contribution in [3.63, 3.8) is 0 Å². The Balaban J connectivity index is 1.15. The van der Waals surface area contributed by atoms with E-state index in [0.29, 0.717) is 33.5 Å². The molecule has 2 aromatic heterocycles. The third kappa shape index (κ3) is 15.4. The quantitative estimate of drug-likeness (QED) is 0.00896. The number of primary amides is 1. The van der Waals surface area contributed by atoms with Crippen LogP contribution in [0.2, 0.25) is 0 Å². The molecular formula is C51H61F5N8O9. The zero-order valence-electron chi connectivity index (χ0n) is 41.3. The molecule has 0 aliphatic heterocycles. The van der Waals surface area contributed by atoms with Gasteiger partial charge in [-0.15, -0.1) is 0 Å². The van der Waals surface area contributed by atoms with Crippen LogP contribution in [0.1, 0.15) is 103 Å². The van der Waals surface area contributed by atoms with Gasteiger partial charge in [0.1, 0.15) is 23.7 Å². The number of halogens is 5. The topological polar surface area (TPSA) is 251 Å². The molecule has 0 bridgehead atoms. The first kappa shape index (κ1) is 56.7. The summed E-state index contributed by atoms with van der Waals surface area (Å²) >= 11 is 0. The first-order valence-electron chi connectivity index (χ1n) is 23.8. The molecule has 0 radical (unpaired) electrons. The molecule has 22 heteroatoms. The molecule has 394 valence electrons. The average molecular weight is 1030 g/mol. The Bertz CT molecular complexity index is 2790. The van der Waals surface area contributed by atoms with Crippen molar-refractivity contribution in [3.8, 4) is 5.75 Å². The van der Waals surface area contributed by atoms with Crippen LogP contribution in [-0.2, 0) is 50.0 Å². The number of ether oxygens (including phenoxy) is 2. The van der Waals surface area contributed by atoms with Crippen molar-refractivity contribution >= 4 is 63.3 Å². The number of imidazole rings is 1. The molecule has 5 rings (SSSR count). The van der Waals surface area contributed by atoms with Crippen molar-refractivity contribution in [1.82, 2.24) is 30.1 Å². The van der Waals surface area contributed by atoms with Crippen LogP contribution in [0.4, 0.5) is 37.4 Å². The molecule has 0 saturated carbocycles. The Kier molecular flexibility index (Phi) is 19.7. The second-order valence-electron chi connectivity index (χ2n) is 18.7. The molecule has 0 aliphatic rings. The summed E-state index contributed by atoms with van der Waals surface area (Å²) in [5.74, 6) is -16.1. The number of aliphatic hydroxyl groups is 1. The van der Waals surface area contributed by atoms with Crippen molar-refractivity contribution in [3.05, 3.63) is 94.6 Å². The number of anilines is 1. The monoisotopic (exact) mass is 1020 g/mol.